The number of nitrogens with one attached hydrogen (secondary N) is 1. The summed E-state index contributed by atoms with van der Waals surface area (Å²) in [5.41, 5.74) is 8.45. The SMILES string of the molecule is CC(=O)NC(=O)/C(N)=C(\N)C(=O)O. The zero-order chi connectivity index (χ0) is 10.6. The van der Waals surface area contributed by atoms with E-state index in [1.165, 1.54) is 0 Å². The first-order chi connectivity index (χ1) is 5.86. The second-order valence-corrected chi connectivity index (χ2v) is 2.14. The third kappa shape index (κ3) is 3.23. The number of carbonyl (C=O) groups excluding carboxylic acids is 2. The van der Waals surface area contributed by atoms with Crippen LogP contribution in [0.25, 0.3) is 0 Å². The molecule has 0 bridgehead atoms. The minimum Gasteiger partial charge on any atom is -0.477 e. The van der Waals surface area contributed by atoms with Crippen molar-refractivity contribution in [3.63, 3.8) is 0 Å². The standard InChI is InChI=1S/C6H9N3O4/c1-2(10)9-5(11)3(7)4(8)6(12)13/h7-8H2,1H3,(H,12,13)(H,9,10,11)/b4-3+. The Morgan fingerprint density at radius 2 is 1.62 bits per heavy atom. The molecule has 0 spiro atoms. The zero-order valence-electron chi connectivity index (χ0n) is 6.83. The summed E-state index contributed by atoms with van der Waals surface area (Å²) in [6.45, 7) is 1.09. The Hall–Kier alpha value is -2.05. The van der Waals surface area contributed by atoms with E-state index < -0.39 is 29.2 Å². The molecule has 7 nitrogen and oxygen atoms in total. The molecule has 72 valence electrons. The molecule has 7 heteroatoms. The van der Waals surface area contributed by atoms with Gasteiger partial charge in [-0.2, -0.15) is 0 Å². The molecule has 0 saturated heterocycles. The van der Waals surface area contributed by atoms with Crippen molar-refractivity contribution in [2.75, 3.05) is 0 Å². The third-order valence-electron chi connectivity index (χ3n) is 1.05. The van der Waals surface area contributed by atoms with E-state index in [0.717, 1.165) is 6.92 Å². The Morgan fingerprint density at radius 3 is 1.92 bits per heavy atom. The molecule has 2 amide bonds. The Morgan fingerprint density at radius 1 is 1.15 bits per heavy atom. The van der Waals surface area contributed by atoms with Gasteiger partial charge in [-0.1, -0.05) is 0 Å². The van der Waals surface area contributed by atoms with E-state index in [9.17, 15) is 14.4 Å². The Bertz CT molecular complexity index is 294. The first kappa shape index (κ1) is 11.0. The van der Waals surface area contributed by atoms with Crippen molar-refractivity contribution < 1.29 is 19.5 Å². The average molecular weight is 187 g/mol. The summed E-state index contributed by atoms with van der Waals surface area (Å²) in [5, 5.41) is 10.1. The second kappa shape index (κ2) is 4.10. The van der Waals surface area contributed by atoms with E-state index in [1.54, 1.807) is 5.32 Å². The van der Waals surface area contributed by atoms with Crippen LogP contribution in [0.5, 0.6) is 0 Å². The van der Waals surface area contributed by atoms with Crippen LogP contribution >= 0.6 is 0 Å². The number of rotatable bonds is 2. The molecule has 0 fully saturated rings. The fourth-order valence-corrected chi connectivity index (χ4v) is 0.465. The minimum atomic E-state index is -1.52. The first-order valence-electron chi connectivity index (χ1n) is 3.16. The molecule has 0 aliphatic heterocycles. The van der Waals surface area contributed by atoms with Gasteiger partial charge in [0, 0.05) is 6.92 Å². The predicted molar refractivity (Wildman–Crippen MR) is 41.9 cm³/mol. The van der Waals surface area contributed by atoms with Crippen LogP contribution in [0.3, 0.4) is 0 Å². The molecule has 0 heterocycles. The molecule has 0 unspecified atom stereocenters. The van der Waals surface area contributed by atoms with Crippen molar-refractivity contribution >= 4 is 17.8 Å². The van der Waals surface area contributed by atoms with Crippen LogP contribution in [0.2, 0.25) is 0 Å². The molecule has 13 heavy (non-hydrogen) atoms. The summed E-state index contributed by atoms with van der Waals surface area (Å²) in [6, 6.07) is 0. The fraction of sp³-hybridized carbons (Fsp3) is 0.167. The lowest BCUT2D eigenvalue weighted by Crippen LogP contribution is -2.35. The van der Waals surface area contributed by atoms with Gasteiger partial charge in [0.2, 0.25) is 5.91 Å². The minimum absolute atomic E-state index is 0.647. The maximum Gasteiger partial charge on any atom is 0.354 e. The smallest absolute Gasteiger partial charge is 0.354 e. The quantitative estimate of drug-likeness (QED) is 0.364. The van der Waals surface area contributed by atoms with Crippen LogP contribution in [0.15, 0.2) is 11.4 Å². The number of nitrogens with two attached hydrogens (primary N) is 2. The predicted octanol–water partition coefficient (Wildman–Crippen LogP) is -2.14. The number of imide groups is 1. The number of hydrogen-bond acceptors (Lipinski definition) is 5. The van der Waals surface area contributed by atoms with Gasteiger partial charge in [0.1, 0.15) is 11.4 Å². The monoisotopic (exact) mass is 187 g/mol. The molecule has 0 saturated carbocycles. The number of carbonyl (C=O) groups is 3. The molecule has 0 aliphatic rings. The molecule has 0 radical (unpaired) electrons. The van der Waals surface area contributed by atoms with Gasteiger partial charge in [0.25, 0.3) is 5.91 Å². The molecule has 6 N–H and O–H groups in total. The Kier molecular flexibility index (Phi) is 3.45. The van der Waals surface area contributed by atoms with Crippen molar-refractivity contribution in [1.29, 1.82) is 0 Å². The van der Waals surface area contributed by atoms with Crippen molar-refractivity contribution in [1.82, 2.24) is 5.32 Å². The lowest BCUT2D eigenvalue weighted by Gasteiger charge is -2.02. The number of hydrogen-bond donors (Lipinski definition) is 4. The first-order valence-corrected chi connectivity index (χ1v) is 3.16. The molecule has 0 atom stereocenters. The van der Waals surface area contributed by atoms with Gasteiger partial charge in [-0.25, -0.2) is 4.79 Å². The van der Waals surface area contributed by atoms with Gasteiger partial charge in [-0.15, -0.1) is 0 Å². The molecule has 0 aromatic carbocycles. The van der Waals surface area contributed by atoms with Crippen molar-refractivity contribution in [3.05, 3.63) is 11.4 Å². The summed E-state index contributed by atoms with van der Waals surface area (Å²) in [4.78, 5) is 31.4. The maximum atomic E-state index is 10.8. The summed E-state index contributed by atoms with van der Waals surface area (Å²) < 4.78 is 0. The van der Waals surface area contributed by atoms with Gasteiger partial charge in [-0.3, -0.25) is 14.9 Å². The van der Waals surface area contributed by atoms with Gasteiger partial charge in [0.15, 0.2) is 0 Å². The van der Waals surface area contributed by atoms with Gasteiger partial charge < -0.3 is 16.6 Å². The highest BCUT2D eigenvalue weighted by molar-refractivity contribution is 6.07. The number of amides is 2. The average Bonchev–Trinajstić information content (AvgIpc) is 2.00. The van der Waals surface area contributed by atoms with Crippen LogP contribution in [-0.4, -0.2) is 22.9 Å². The highest BCUT2D eigenvalue weighted by Crippen LogP contribution is 1.91. The zero-order valence-corrected chi connectivity index (χ0v) is 6.83. The summed E-state index contributed by atoms with van der Waals surface area (Å²) in [5.74, 6) is -3.19. The highest BCUT2D eigenvalue weighted by Gasteiger charge is 2.15. The second-order valence-electron chi connectivity index (χ2n) is 2.14. The number of carboxylic acid groups (broad SMARTS) is 1. The van der Waals surface area contributed by atoms with Crippen molar-refractivity contribution in [2.45, 2.75) is 6.92 Å². The Labute approximate surface area is 73.4 Å². The van der Waals surface area contributed by atoms with Crippen molar-refractivity contribution in [2.24, 2.45) is 11.5 Å². The van der Waals surface area contributed by atoms with Crippen LogP contribution in [0, 0.1) is 0 Å². The normalized spacial score (nSPS) is 11.5. The van der Waals surface area contributed by atoms with E-state index >= 15 is 0 Å². The molecular weight excluding hydrogens is 178 g/mol. The highest BCUT2D eigenvalue weighted by atomic mass is 16.4. The van der Waals surface area contributed by atoms with Crippen molar-refractivity contribution in [3.8, 4) is 0 Å². The molecule has 0 aromatic heterocycles. The van der Waals surface area contributed by atoms with Crippen LogP contribution in [0.1, 0.15) is 6.92 Å². The molecule has 0 rings (SSSR count). The molecular formula is C6H9N3O4. The summed E-state index contributed by atoms with van der Waals surface area (Å²) >= 11 is 0. The number of aliphatic carboxylic acids is 1. The van der Waals surface area contributed by atoms with Crippen LogP contribution in [0.4, 0.5) is 0 Å². The third-order valence-corrected chi connectivity index (χ3v) is 1.05. The van der Waals surface area contributed by atoms with Crippen LogP contribution in [-0.2, 0) is 14.4 Å². The van der Waals surface area contributed by atoms with E-state index in [1.807, 2.05) is 0 Å². The molecule has 0 aromatic rings. The van der Waals surface area contributed by atoms with Gasteiger partial charge in [-0.05, 0) is 0 Å². The lowest BCUT2D eigenvalue weighted by atomic mass is 10.3. The van der Waals surface area contributed by atoms with E-state index in [0.29, 0.717) is 0 Å². The largest absolute Gasteiger partial charge is 0.477 e. The van der Waals surface area contributed by atoms with E-state index in [2.05, 4.69) is 0 Å². The fourth-order valence-electron chi connectivity index (χ4n) is 0.465. The molecule has 0 aliphatic carbocycles. The van der Waals surface area contributed by atoms with Crippen LogP contribution < -0.4 is 16.8 Å². The Balaban J connectivity index is 4.68. The topological polar surface area (TPSA) is 136 Å². The van der Waals surface area contributed by atoms with E-state index in [-0.39, 0.29) is 0 Å². The van der Waals surface area contributed by atoms with Gasteiger partial charge in [0.05, 0.1) is 0 Å². The summed E-state index contributed by atoms with van der Waals surface area (Å²) in [7, 11) is 0. The number of carboxylic acids is 1. The maximum absolute atomic E-state index is 10.8. The van der Waals surface area contributed by atoms with Gasteiger partial charge >= 0.3 is 5.97 Å². The lowest BCUT2D eigenvalue weighted by molar-refractivity contribution is -0.134. The summed E-state index contributed by atoms with van der Waals surface area (Å²) in [6.07, 6.45) is 0. The van der Waals surface area contributed by atoms with E-state index in [4.69, 9.17) is 16.6 Å².